The van der Waals surface area contributed by atoms with E-state index >= 15 is 0 Å². The Morgan fingerprint density at radius 2 is 2.25 bits per heavy atom. The maximum absolute atomic E-state index is 2.45. The predicted octanol–water partition coefficient (Wildman–Crippen LogP) is 2.43. The minimum atomic E-state index is -0.659. The van der Waals surface area contributed by atoms with Crippen molar-refractivity contribution >= 4 is 39.4 Å². The summed E-state index contributed by atoms with van der Waals surface area (Å²) in [6.45, 7) is 0. The van der Waals surface area contributed by atoms with Crippen molar-refractivity contribution in [2.24, 2.45) is 0 Å². The van der Waals surface area contributed by atoms with Crippen molar-refractivity contribution in [3.63, 3.8) is 0 Å². The van der Waals surface area contributed by atoms with E-state index in [4.69, 9.17) is 0 Å². The van der Waals surface area contributed by atoms with Crippen molar-refractivity contribution in [3.05, 3.63) is 0 Å². The van der Waals surface area contributed by atoms with Crippen LogP contribution in [0.4, 0.5) is 0 Å². The fraction of sp³-hybridized carbons (Fsp3) is 1.00. The van der Waals surface area contributed by atoms with Gasteiger partial charge in [-0.25, -0.2) is 0 Å². The summed E-state index contributed by atoms with van der Waals surface area (Å²) in [6.07, 6.45) is 1.48. The van der Waals surface area contributed by atoms with Crippen molar-refractivity contribution in [2.45, 2.75) is 20.7 Å². The van der Waals surface area contributed by atoms with E-state index in [1.54, 1.807) is 0 Å². The van der Waals surface area contributed by atoms with Gasteiger partial charge in [0, 0.05) is 0 Å². The van der Waals surface area contributed by atoms with Crippen LogP contribution in [0, 0.1) is 0 Å². The summed E-state index contributed by atoms with van der Waals surface area (Å²) < 4.78 is 1.02. The number of hydrogen-bond acceptors (Lipinski definition) is 2. The molecule has 1 fully saturated rings. The average Bonchev–Trinajstić information content (AvgIpc) is 1.55. The van der Waals surface area contributed by atoms with Gasteiger partial charge in [0.25, 0.3) is 0 Å². The quantitative estimate of drug-likeness (QED) is 0.697. The summed E-state index contributed by atoms with van der Waals surface area (Å²) in [4.78, 5) is 4.90. The average molecular weight is 257 g/mol. The van der Waals surface area contributed by atoms with Gasteiger partial charge in [-0.2, -0.15) is 0 Å². The van der Waals surface area contributed by atoms with Gasteiger partial charge < -0.3 is 0 Å². The van der Waals surface area contributed by atoms with Crippen LogP contribution in [-0.4, -0.2) is 29.1 Å². The van der Waals surface area contributed by atoms with Crippen LogP contribution >= 0.6 is 20.6 Å². The molecule has 1 saturated heterocycles. The molecule has 0 nitrogen and oxygen atoms in total. The van der Waals surface area contributed by atoms with Crippen LogP contribution in [0.2, 0.25) is 9.74 Å². The summed E-state index contributed by atoms with van der Waals surface area (Å²) >= 11 is 1.48. The molecule has 0 aromatic carbocycles. The Labute approximate surface area is 65.5 Å². The normalized spacial score (nSPS) is 28.1. The van der Waals surface area contributed by atoms with Gasteiger partial charge in [0.15, 0.2) is 0 Å². The van der Waals surface area contributed by atoms with Crippen LogP contribution in [0.1, 0.15) is 6.42 Å². The Morgan fingerprint density at radius 3 is 2.38 bits per heavy atom. The van der Waals surface area contributed by atoms with Gasteiger partial charge >= 0.3 is 65.9 Å². The van der Waals surface area contributed by atoms with Crippen LogP contribution in [-0.2, 0) is 0 Å². The third-order valence-electron chi connectivity index (χ3n) is 0.986. The van der Waals surface area contributed by atoms with Crippen molar-refractivity contribution in [2.75, 3.05) is 5.75 Å². The minimum absolute atomic E-state index is 0.659. The standard InChI is InChI=1S/C3H6S2.2CH3.Sb/c4-3-1-2-5-3;;;/h3-4H,1-2H2;2*1H3;/q;;;+1/p-1. The van der Waals surface area contributed by atoms with Crippen LogP contribution in [0.15, 0.2) is 0 Å². The molecule has 1 aliphatic heterocycles. The third kappa shape index (κ3) is 2.41. The molecule has 0 aliphatic carbocycles. The SMILES string of the molecule is [CH3][Sb]([CH3])[S]C1CCS1. The van der Waals surface area contributed by atoms with Crippen molar-refractivity contribution in [1.29, 1.82) is 0 Å². The summed E-state index contributed by atoms with van der Waals surface area (Å²) in [5.74, 6) is 1.42. The molecule has 8 heavy (non-hydrogen) atoms. The van der Waals surface area contributed by atoms with Gasteiger partial charge in [-0.3, -0.25) is 0 Å². The third-order valence-corrected chi connectivity index (χ3v) is 10.7. The fourth-order valence-electron chi connectivity index (χ4n) is 0.532. The van der Waals surface area contributed by atoms with E-state index in [9.17, 15) is 0 Å². The first-order valence-corrected chi connectivity index (χ1v) is 12.9. The van der Waals surface area contributed by atoms with Crippen molar-refractivity contribution in [3.8, 4) is 0 Å². The molecule has 1 aliphatic rings. The van der Waals surface area contributed by atoms with E-state index in [2.05, 4.69) is 30.4 Å². The molecule has 0 aromatic rings. The Hall–Kier alpha value is 1.52. The van der Waals surface area contributed by atoms with E-state index in [0.717, 1.165) is 4.58 Å². The molecule has 0 amide bonds. The molecule has 0 N–H and O–H groups in total. The molecule has 1 heterocycles. The van der Waals surface area contributed by atoms with Crippen molar-refractivity contribution < 1.29 is 0 Å². The molecule has 0 bridgehead atoms. The summed E-state index contributed by atoms with van der Waals surface area (Å²) in [5, 5.41) is 0. The summed E-state index contributed by atoms with van der Waals surface area (Å²) in [5.41, 5.74) is 0. The Bertz CT molecular complexity index is 70.8. The van der Waals surface area contributed by atoms with Gasteiger partial charge in [0.2, 0.25) is 0 Å². The Balaban J connectivity index is 2.01. The molecule has 1 atom stereocenters. The van der Waals surface area contributed by atoms with Crippen LogP contribution in [0.25, 0.3) is 0 Å². The zero-order valence-electron chi connectivity index (χ0n) is 5.26. The van der Waals surface area contributed by atoms with Gasteiger partial charge in [-0.05, 0) is 0 Å². The molecule has 0 saturated carbocycles. The van der Waals surface area contributed by atoms with E-state index in [-0.39, 0.29) is 0 Å². The molecular weight excluding hydrogens is 246 g/mol. The van der Waals surface area contributed by atoms with E-state index in [1.807, 2.05) is 0 Å². The summed E-state index contributed by atoms with van der Waals surface area (Å²) in [7, 11) is 2.29. The molecule has 0 spiro atoms. The molecule has 48 valence electrons. The Kier molecular flexibility index (Phi) is 3.46. The van der Waals surface area contributed by atoms with Gasteiger partial charge in [-0.15, -0.1) is 0 Å². The second-order valence-corrected chi connectivity index (χ2v) is 15.7. The van der Waals surface area contributed by atoms with Gasteiger partial charge in [-0.1, -0.05) is 0 Å². The first-order chi connectivity index (χ1) is 3.79. The molecular formula is C5H11S2Sb. The maximum atomic E-state index is 2.45. The molecule has 0 aromatic heterocycles. The molecule has 1 unspecified atom stereocenters. The summed E-state index contributed by atoms with van der Waals surface area (Å²) in [6, 6.07) is 0. The number of rotatable bonds is 2. The molecule has 3 heteroatoms. The molecule has 1 rings (SSSR count). The predicted molar refractivity (Wildman–Crippen MR) is 45.9 cm³/mol. The molecule has 0 radical (unpaired) electrons. The first-order valence-electron chi connectivity index (χ1n) is 2.75. The topological polar surface area (TPSA) is 0 Å². The number of thioether (sulfide) groups is 1. The second-order valence-electron chi connectivity index (χ2n) is 2.01. The van der Waals surface area contributed by atoms with E-state index in [1.165, 1.54) is 12.2 Å². The van der Waals surface area contributed by atoms with Crippen LogP contribution in [0.5, 0.6) is 0 Å². The number of hydrogen-bond donors (Lipinski definition) is 0. The van der Waals surface area contributed by atoms with Crippen LogP contribution < -0.4 is 0 Å². The van der Waals surface area contributed by atoms with E-state index < -0.39 is 18.8 Å². The monoisotopic (exact) mass is 256 g/mol. The first kappa shape index (κ1) is 7.62. The van der Waals surface area contributed by atoms with Gasteiger partial charge in [0.1, 0.15) is 0 Å². The fourth-order valence-corrected chi connectivity index (χ4v) is 12.3. The zero-order valence-corrected chi connectivity index (χ0v) is 9.44. The van der Waals surface area contributed by atoms with Crippen molar-refractivity contribution in [1.82, 2.24) is 0 Å². The Morgan fingerprint density at radius 1 is 1.62 bits per heavy atom. The zero-order chi connectivity index (χ0) is 5.98. The van der Waals surface area contributed by atoms with Gasteiger partial charge in [0.05, 0.1) is 0 Å². The van der Waals surface area contributed by atoms with E-state index in [0.29, 0.717) is 0 Å². The van der Waals surface area contributed by atoms with Crippen LogP contribution in [0.3, 0.4) is 0 Å². The second kappa shape index (κ2) is 3.63.